The molecule has 1 saturated heterocycles. The van der Waals surface area contributed by atoms with E-state index >= 15 is 0 Å². The highest BCUT2D eigenvalue weighted by Gasteiger charge is 2.42. The van der Waals surface area contributed by atoms with Crippen molar-refractivity contribution in [2.45, 2.75) is 45.1 Å². The van der Waals surface area contributed by atoms with Gasteiger partial charge < -0.3 is 4.90 Å². The Morgan fingerprint density at radius 1 is 1.22 bits per heavy atom. The van der Waals surface area contributed by atoms with E-state index in [1.54, 1.807) is 0 Å². The van der Waals surface area contributed by atoms with Gasteiger partial charge in [0.15, 0.2) is 0 Å². The Morgan fingerprint density at radius 3 is 2.44 bits per heavy atom. The molecule has 2 atom stereocenters. The van der Waals surface area contributed by atoms with Crippen LogP contribution in [0.15, 0.2) is 0 Å². The standard InChI is InChI=1S/C15H27N3/c1-13(2)14-5-4-6-15(11-14,12-16)18-9-7-17(3)8-10-18/h13-14H,4-11H2,1-3H3. The van der Waals surface area contributed by atoms with Gasteiger partial charge in [-0.3, -0.25) is 4.90 Å². The van der Waals surface area contributed by atoms with Gasteiger partial charge in [0, 0.05) is 26.2 Å². The summed E-state index contributed by atoms with van der Waals surface area (Å²) in [5.41, 5.74) is -0.158. The molecule has 1 aliphatic heterocycles. The SMILES string of the molecule is CC(C)C1CCCC(C#N)(N2CCN(C)CC2)C1. The van der Waals surface area contributed by atoms with Gasteiger partial charge in [-0.15, -0.1) is 0 Å². The predicted octanol–water partition coefficient (Wildman–Crippen LogP) is 2.34. The Labute approximate surface area is 112 Å². The minimum Gasteiger partial charge on any atom is -0.304 e. The molecule has 2 fully saturated rings. The first-order chi connectivity index (χ1) is 8.57. The molecule has 0 aromatic heterocycles. The normalized spacial score (nSPS) is 35.6. The van der Waals surface area contributed by atoms with Crippen LogP contribution < -0.4 is 0 Å². The Bertz CT molecular complexity index is 312. The summed E-state index contributed by atoms with van der Waals surface area (Å²) < 4.78 is 0. The maximum Gasteiger partial charge on any atom is 0.109 e. The summed E-state index contributed by atoms with van der Waals surface area (Å²) in [6.45, 7) is 8.96. The van der Waals surface area contributed by atoms with Gasteiger partial charge in [0.2, 0.25) is 0 Å². The number of likely N-dealkylation sites (N-methyl/N-ethyl adjacent to an activating group) is 1. The van der Waals surface area contributed by atoms with E-state index in [1.807, 2.05) is 0 Å². The van der Waals surface area contributed by atoms with Gasteiger partial charge in [0.25, 0.3) is 0 Å². The molecule has 0 aromatic rings. The highest BCUT2D eigenvalue weighted by molar-refractivity contribution is 5.12. The molecule has 1 aliphatic carbocycles. The van der Waals surface area contributed by atoms with Crippen molar-refractivity contribution < 1.29 is 0 Å². The summed E-state index contributed by atoms with van der Waals surface area (Å²) in [6, 6.07) is 2.69. The van der Waals surface area contributed by atoms with E-state index in [-0.39, 0.29) is 5.54 Å². The first kappa shape index (κ1) is 13.8. The van der Waals surface area contributed by atoms with Crippen LogP contribution in [0.2, 0.25) is 0 Å². The first-order valence-corrected chi connectivity index (χ1v) is 7.42. The van der Waals surface area contributed by atoms with Gasteiger partial charge in [-0.05, 0) is 38.1 Å². The monoisotopic (exact) mass is 249 g/mol. The fourth-order valence-electron chi connectivity index (χ4n) is 3.56. The smallest absolute Gasteiger partial charge is 0.109 e. The number of hydrogen-bond donors (Lipinski definition) is 0. The highest BCUT2D eigenvalue weighted by Crippen LogP contribution is 2.40. The summed E-state index contributed by atoms with van der Waals surface area (Å²) in [4.78, 5) is 4.84. The van der Waals surface area contributed by atoms with Crippen molar-refractivity contribution in [1.29, 1.82) is 5.26 Å². The van der Waals surface area contributed by atoms with Gasteiger partial charge in [0.1, 0.15) is 5.54 Å². The third kappa shape index (κ3) is 2.70. The maximum absolute atomic E-state index is 9.75. The Balaban J connectivity index is 2.08. The van der Waals surface area contributed by atoms with Gasteiger partial charge in [-0.25, -0.2) is 0 Å². The molecule has 2 rings (SSSR count). The molecule has 2 unspecified atom stereocenters. The third-order valence-corrected chi connectivity index (χ3v) is 5.02. The largest absolute Gasteiger partial charge is 0.304 e. The fourth-order valence-corrected chi connectivity index (χ4v) is 3.56. The van der Waals surface area contributed by atoms with Crippen molar-refractivity contribution in [1.82, 2.24) is 9.80 Å². The van der Waals surface area contributed by atoms with Crippen molar-refractivity contribution in [3.8, 4) is 6.07 Å². The highest BCUT2D eigenvalue weighted by atomic mass is 15.3. The maximum atomic E-state index is 9.75. The molecule has 0 radical (unpaired) electrons. The van der Waals surface area contributed by atoms with Gasteiger partial charge in [0.05, 0.1) is 6.07 Å². The summed E-state index contributed by atoms with van der Waals surface area (Å²) in [7, 11) is 2.17. The number of rotatable bonds is 2. The minimum absolute atomic E-state index is 0.158. The van der Waals surface area contributed by atoms with E-state index in [0.717, 1.165) is 44.9 Å². The summed E-state index contributed by atoms with van der Waals surface area (Å²) in [6.07, 6.45) is 4.71. The number of hydrogen-bond acceptors (Lipinski definition) is 3. The lowest BCUT2D eigenvalue weighted by Gasteiger charge is -2.47. The second-order valence-corrected chi connectivity index (χ2v) is 6.53. The molecule has 3 nitrogen and oxygen atoms in total. The molecule has 18 heavy (non-hydrogen) atoms. The Hall–Kier alpha value is -0.590. The zero-order valence-electron chi connectivity index (χ0n) is 12.2. The number of nitriles is 1. The quantitative estimate of drug-likeness (QED) is 0.752. The predicted molar refractivity (Wildman–Crippen MR) is 74.2 cm³/mol. The lowest BCUT2D eigenvalue weighted by Crippen LogP contribution is -2.57. The van der Waals surface area contributed by atoms with Crippen molar-refractivity contribution in [3.63, 3.8) is 0 Å². The molecule has 0 aromatic carbocycles. The first-order valence-electron chi connectivity index (χ1n) is 7.42. The molecular formula is C15H27N3. The van der Waals surface area contributed by atoms with Crippen molar-refractivity contribution in [2.24, 2.45) is 11.8 Å². The molecule has 1 saturated carbocycles. The number of nitrogens with zero attached hydrogens (tertiary/aromatic N) is 3. The third-order valence-electron chi connectivity index (χ3n) is 5.02. The van der Waals surface area contributed by atoms with Crippen LogP contribution in [0.4, 0.5) is 0 Å². The molecular weight excluding hydrogens is 222 g/mol. The summed E-state index contributed by atoms with van der Waals surface area (Å²) in [5, 5.41) is 9.75. The number of piperazine rings is 1. The van der Waals surface area contributed by atoms with E-state index in [2.05, 4.69) is 36.8 Å². The van der Waals surface area contributed by atoms with Crippen LogP contribution in [-0.4, -0.2) is 48.6 Å². The Morgan fingerprint density at radius 2 is 1.89 bits per heavy atom. The molecule has 0 N–H and O–H groups in total. The van der Waals surface area contributed by atoms with Crippen LogP contribution in [0.3, 0.4) is 0 Å². The minimum atomic E-state index is -0.158. The summed E-state index contributed by atoms with van der Waals surface area (Å²) >= 11 is 0. The van der Waals surface area contributed by atoms with Crippen LogP contribution in [0.1, 0.15) is 39.5 Å². The van der Waals surface area contributed by atoms with Gasteiger partial charge in [-0.1, -0.05) is 20.3 Å². The van der Waals surface area contributed by atoms with Crippen molar-refractivity contribution in [2.75, 3.05) is 33.2 Å². The second kappa shape index (κ2) is 5.59. The molecule has 0 spiro atoms. The molecule has 102 valence electrons. The van der Waals surface area contributed by atoms with E-state index in [0.29, 0.717) is 5.92 Å². The van der Waals surface area contributed by atoms with E-state index in [4.69, 9.17) is 0 Å². The van der Waals surface area contributed by atoms with Gasteiger partial charge >= 0.3 is 0 Å². The van der Waals surface area contributed by atoms with Crippen LogP contribution >= 0.6 is 0 Å². The van der Waals surface area contributed by atoms with Gasteiger partial charge in [-0.2, -0.15) is 5.26 Å². The van der Waals surface area contributed by atoms with Crippen LogP contribution in [0.5, 0.6) is 0 Å². The lowest BCUT2D eigenvalue weighted by molar-refractivity contribution is 0.0269. The van der Waals surface area contributed by atoms with E-state index in [9.17, 15) is 5.26 Å². The van der Waals surface area contributed by atoms with E-state index < -0.39 is 0 Å². The second-order valence-electron chi connectivity index (χ2n) is 6.53. The van der Waals surface area contributed by atoms with Crippen molar-refractivity contribution >= 4 is 0 Å². The average molecular weight is 249 g/mol. The Kier molecular flexibility index (Phi) is 4.29. The molecule has 1 heterocycles. The van der Waals surface area contributed by atoms with Crippen LogP contribution in [-0.2, 0) is 0 Å². The molecule has 3 heteroatoms. The van der Waals surface area contributed by atoms with Crippen molar-refractivity contribution in [3.05, 3.63) is 0 Å². The zero-order chi connectivity index (χ0) is 13.2. The zero-order valence-corrected chi connectivity index (χ0v) is 12.2. The van der Waals surface area contributed by atoms with Crippen LogP contribution in [0, 0.1) is 23.2 Å². The summed E-state index contributed by atoms with van der Waals surface area (Å²) in [5.74, 6) is 1.45. The fraction of sp³-hybridized carbons (Fsp3) is 0.933. The topological polar surface area (TPSA) is 30.3 Å². The molecule has 0 amide bonds. The van der Waals surface area contributed by atoms with E-state index in [1.165, 1.54) is 12.8 Å². The molecule has 0 bridgehead atoms. The van der Waals surface area contributed by atoms with Crippen LogP contribution in [0.25, 0.3) is 0 Å². The lowest BCUT2D eigenvalue weighted by atomic mass is 9.71. The average Bonchev–Trinajstić information content (AvgIpc) is 2.39. The molecule has 2 aliphatic rings.